The fourth-order valence-corrected chi connectivity index (χ4v) is 2.62. The second-order valence-corrected chi connectivity index (χ2v) is 4.59. The van der Waals surface area contributed by atoms with Gasteiger partial charge in [0.05, 0.1) is 20.3 Å². The normalized spacial score (nSPS) is 37.9. The van der Waals surface area contributed by atoms with Crippen molar-refractivity contribution >= 4 is 0 Å². The average molecular weight is 225 g/mol. The molecule has 0 unspecified atom stereocenters. The van der Waals surface area contributed by atoms with Crippen molar-refractivity contribution in [3.8, 4) is 0 Å². The van der Waals surface area contributed by atoms with Crippen LogP contribution in [0.15, 0.2) is 12.4 Å². The highest BCUT2D eigenvalue weighted by molar-refractivity contribution is 5.00. The molecule has 1 aromatic rings. The van der Waals surface area contributed by atoms with Gasteiger partial charge in [-0.3, -0.25) is 0 Å². The van der Waals surface area contributed by atoms with Gasteiger partial charge in [0.2, 0.25) is 0 Å². The molecule has 3 rings (SSSR count). The number of aliphatic hydroxyl groups excluding tert-OH is 1. The van der Waals surface area contributed by atoms with Gasteiger partial charge in [-0.2, -0.15) is 0 Å². The van der Waals surface area contributed by atoms with E-state index in [-0.39, 0.29) is 18.2 Å². The summed E-state index contributed by atoms with van der Waals surface area (Å²) in [4.78, 5) is 0. The Kier molecular flexibility index (Phi) is 2.27. The van der Waals surface area contributed by atoms with Crippen LogP contribution < -0.4 is 4.57 Å². The minimum absolute atomic E-state index is 0.0129. The summed E-state index contributed by atoms with van der Waals surface area (Å²) < 4.78 is 15.5. The number of hydrogen-bond acceptors (Lipinski definition) is 3. The van der Waals surface area contributed by atoms with Crippen LogP contribution in [0.1, 0.15) is 11.9 Å². The van der Waals surface area contributed by atoms with E-state index in [4.69, 9.17) is 9.47 Å². The summed E-state index contributed by atoms with van der Waals surface area (Å²) in [7, 11) is 2.02. The zero-order valence-electron chi connectivity index (χ0n) is 9.54. The summed E-state index contributed by atoms with van der Waals surface area (Å²) in [5.41, 5.74) is 0. The fourth-order valence-electron chi connectivity index (χ4n) is 2.62. The molecule has 88 valence electrons. The van der Waals surface area contributed by atoms with E-state index in [1.165, 1.54) is 5.82 Å². The van der Waals surface area contributed by atoms with Gasteiger partial charge in [-0.05, 0) is 0 Å². The Morgan fingerprint density at radius 3 is 2.81 bits per heavy atom. The molecule has 5 heteroatoms. The van der Waals surface area contributed by atoms with E-state index in [2.05, 4.69) is 16.1 Å². The summed E-state index contributed by atoms with van der Waals surface area (Å²) in [5, 5.41) is 9.67. The first kappa shape index (κ1) is 10.3. The van der Waals surface area contributed by atoms with Gasteiger partial charge in [0.25, 0.3) is 5.82 Å². The Hall–Kier alpha value is -0.910. The molecule has 3 heterocycles. The number of aromatic nitrogens is 2. The molecule has 0 aromatic carbocycles. The van der Waals surface area contributed by atoms with Crippen LogP contribution in [0.2, 0.25) is 0 Å². The predicted octanol–water partition coefficient (Wildman–Crippen LogP) is -0.679. The van der Waals surface area contributed by atoms with Gasteiger partial charge in [-0.1, -0.05) is 0 Å². The molecule has 0 aliphatic carbocycles. The van der Waals surface area contributed by atoms with Crippen LogP contribution >= 0.6 is 0 Å². The maximum absolute atomic E-state index is 9.67. The van der Waals surface area contributed by atoms with E-state index in [1.807, 2.05) is 19.4 Å². The average Bonchev–Trinajstić information content (AvgIpc) is 2.90. The number of aryl methyl sites for hydroxylation is 1. The monoisotopic (exact) mass is 225 g/mol. The Labute approximate surface area is 94.2 Å². The van der Waals surface area contributed by atoms with E-state index < -0.39 is 6.10 Å². The molecule has 1 aromatic heterocycles. The standard InChI is InChI=1S/C11H17N2O3/c1-7-12(2)3-4-13(7)8-5-15-11-9(14)6-16-10(8)11/h3-4,8-11,14H,5-6H2,1-2H3/q+1/t8-,9+,10+,11+/m0/s1. The smallest absolute Gasteiger partial charge is 0.253 e. The molecule has 4 atom stereocenters. The van der Waals surface area contributed by atoms with Gasteiger partial charge in [0.1, 0.15) is 30.7 Å². The minimum Gasteiger partial charge on any atom is -0.388 e. The number of fused-ring (bicyclic) bond motifs is 1. The number of aliphatic hydroxyl groups is 1. The van der Waals surface area contributed by atoms with E-state index in [9.17, 15) is 5.11 Å². The minimum atomic E-state index is -0.473. The van der Waals surface area contributed by atoms with Crippen LogP contribution in [0, 0.1) is 6.92 Å². The van der Waals surface area contributed by atoms with Crippen LogP contribution in [-0.2, 0) is 16.5 Å². The first-order valence-electron chi connectivity index (χ1n) is 5.63. The molecule has 16 heavy (non-hydrogen) atoms. The quantitative estimate of drug-likeness (QED) is 0.644. The third-order valence-corrected chi connectivity index (χ3v) is 3.69. The van der Waals surface area contributed by atoms with Crippen molar-refractivity contribution in [1.82, 2.24) is 4.57 Å². The molecule has 1 N–H and O–H groups in total. The van der Waals surface area contributed by atoms with Crippen LogP contribution in [-0.4, -0.2) is 41.2 Å². The van der Waals surface area contributed by atoms with E-state index in [0.717, 1.165) is 0 Å². The number of hydrogen-bond donors (Lipinski definition) is 1. The third kappa shape index (κ3) is 1.32. The van der Waals surface area contributed by atoms with Crippen molar-refractivity contribution in [3.05, 3.63) is 18.2 Å². The largest absolute Gasteiger partial charge is 0.388 e. The second kappa shape index (κ2) is 3.55. The SMILES string of the molecule is Cc1n([C@H]2CO[C@H]3[C@@H]2OC[C@H]3O)cc[n+]1C. The lowest BCUT2D eigenvalue weighted by Gasteiger charge is -2.13. The van der Waals surface area contributed by atoms with Crippen molar-refractivity contribution in [3.63, 3.8) is 0 Å². The Morgan fingerprint density at radius 2 is 2.12 bits per heavy atom. The van der Waals surface area contributed by atoms with Gasteiger partial charge < -0.3 is 14.6 Å². The highest BCUT2D eigenvalue weighted by Crippen LogP contribution is 2.34. The highest BCUT2D eigenvalue weighted by atomic mass is 16.6. The van der Waals surface area contributed by atoms with Crippen molar-refractivity contribution in [2.75, 3.05) is 13.2 Å². The van der Waals surface area contributed by atoms with Crippen molar-refractivity contribution < 1.29 is 19.1 Å². The number of nitrogens with zero attached hydrogens (tertiary/aromatic N) is 2. The van der Waals surface area contributed by atoms with E-state index in [0.29, 0.717) is 13.2 Å². The topological polar surface area (TPSA) is 47.5 Å². The molecule has 2 saturated heterocycles. The van der Waals surface area contributed by atoms with Crippen molar-refractivity contribution in [2.24, 2.45) is 7.05 Å². The van der Waals surface area contributed by atoms with Gasteiger partial charge in [-0.25, -0.2) is 9.13 Å². The first-order valence-corrected chi connectivity index (χ1v) is 5.63. The van der Waals surface area contributed by atoms with Crippen molar-refractivity contribution in [1.29, 1.82) is 0 Å². The highest BCUT2D eigenvalue weighted by Gasteiger charge is 2.50. The molecule has 2 aliphatic rings. The van der Waals surface area contributed by atoms with Crippen LogP contribution in [0.4, 0.5) is 0 Å². The molecular formula is C11H17N2O3+. The van der Waals surface area contributed by atoms with E-state index >= 15 is 0 Å². The first-order chi connectivity index (χ1) is 7.68. The molecule has 0 amide bonds. The zero-order chi connectivity index (χ0) is 11.3. The third-order valence-electron chi connectivity index (χ3n) is 3.69. The molecular weight excluding hydrogens is 208 g/mol. The lowest BCUT2D eigenvalue weighted by atomic mass is 10.1. The van der Waals surface area contributed by atoms with E-state index in [1.54, 1.807) is 0 Å². The van der Waals surface area contributed by atoms with Gasteiger partial charge in [0, 0.05) is 6.92 Å². The van der Waals surface area contributed by atoms with Crippen LogP contribution in [0.25, 0.3) is 0 Å². The molecule has 0 radical (unpaired) electrons. The Balaban J connectivity index is 1.89. The number of imidazole rings is 1. The predicted molar refractivity (Wildman–Crippen MR) is 54.9 cm³/mol. The zero-order valence-corrected chi connectivity index (χ0v) is 9.54. The number of ether oxygens (including phenoxy) is 2. The second-order valence-electron chi connectivity index (χ2n) is 4.59. The summed E-state index contributed by atoms with van der Waals surface area (Å²) in [6, 6.07) is 0.184. The molecule has 0 saturated carbocycles. The summed E-state index contributed by atoms with van der Waals surface area (Å²) in [6.45, 7) is 3.07. The fraction of sp³-hybridized carbons (Fsp3) is 0.727. The van der Waals surface area contributed by atoms with Gasteiger partial charge in [0.15, 0.2) is 6.04 Å². The summed E-state index contributed by atoms with van der Waals surface area (Å²) in [5.74, 6) is 1.17. The maximum Gasteiger partial charge on any atom is 0.253 e. The summed E-state index contributed by atoms with van der Waals surface area (Å²) in [6.07, 6.45) is 3.42. The van der Waals surface area contributed by atoms with Crippen LogP contribution in [0.5, 0.6) is 0 Å². The molecule has 5 nitrogen and oxygen atoms in total. The van der Waals surface area contributed by atoms with Gasteiger partial charge >= 0.3 is 0 Å². The lowest BCUT2D eigenvalue weighted by Crippen LogP contribution is -2.34. The Morgan fingerprint density at radius 1 is 1.38 bits per heavy atom. The van der Waals surface area contributed by atoms with Gasteiger partial charge in [-0.15, -0.1) is 0 Å². The maximum atomic E-state index is 9.67. The number of rotatable bonds is 1. The molecule has 2 fully saturated rings. The molecule has 0 bridgehead atoms. The Bertz CT molecular complexity index is 404. The molecule has 0 spiro atoms. The lowest BCUT2D eigenvalue weighted by molar-refractivity contribution is -0.677. The van der Waals surface area contributed by atoms with Crippen LogP contribution in [0.3, 0.4) is 0 Å². The van der Waals surface area contributed by atoms with Crippen molar-refractivity contribution in [2.45, 2.75) is 31.3 Å². The molecule has 2 aliphatic heterocycles. The summed E-state index contributed by atoms with van der Waals surface area (Å²) >= 11 is 0.